The topological polar surface area (TPSA) is 52.0 Å². The van der Waals surface area contributed by atoms with Crippen LogP contribution < -0.4 is 0 Å². The molecular weight excluding hydrogens is 387 g/mol. The average Bonchev–Trinajstić information content (AvgIpc) is 2.77. The molecule has 0 unspecified atom stereocenters. The monoisotopic (exact) mass is 398 g/mol. The van der Waals surface area contributed by atoms with E-state index >= 15 is 0 Å². The molecule has 3 aromatic rings. The van der Waals surface area contributed by atoms with Crippen molar-refractivity contribution < 1.29 is 8.42 Å². The van der Waals surface area contributed by atoms with E-state index in [4.69, 9.17) is 0 Å². The molecule has 0 saturated heterocycles. The van der Waals surface area contributed by atoms with Gasteiger partial charge in [0.05, 0.1) is 4.90 Å². The number of fused-ring (bicyclic) bond motifs is 1. The Morgan fingerprint density at radius 1 is 1.20 bits per heavy atom. The number of benzene rings is 1. The second kappa shape index (κ2) is 4.85. The molecule has 0 N–H and O–H groups in total. The lowest BCUT2D eigenvalue weighted by atomic mass is 10.2. The van der Waals surface area contributed by atoms with Gasteiger partial charge in [0.25, 0.3) is 10.0 Å². The summed E-state index contributed by atoms with van der Waals surface area (Å²) >= 11 is 2.13. The Morgan fingerprint density at radius 3 is 2.60 bits per heavy atom. The minimum atomic E-state index is -3.61. The number of halogens is 1. The summed E-state index contributed by atoms with van der Waals surface area (Å²) in [7, 11) is -3.61. The Bertz CT molecular complexity index is 886. The van der Waals surface area contributed by atoms with Gasteiger partial charge >= 0.3 is 0 Å². The summed E-state index contributed by atoms with van der Waals surface area (Å²) in [5, 5.41) is 0.852. The van der Waals surface area contributed by atoms with Crippen LogP contribution in [0, 0.1) is 10.5 Å². The third-order valence-electron chi connectivity index (χ3n) is 3.00. The third-order valence-corrected chi connectivity index (χ3v) is 5.52. The van der Waals surface area contributed by atoms with Crippen molar-refractivity contribution in [3.05, 3.63) is 57.9 Å². The Morgan fingerprint density at radius 2 is 1.90 bits per heavy atom. The SMILES string of the molecule is Cc1cnc2c(c1)c(I)cn2S(=O)(=O)c1ccccc1. The van der Waals surface area contributed by atoms with Crippen LogP contribution in [0.3, 0.4) is 0 Å². The molecular formula is C14H11IN2O2S. The normalized spacial score (nSPS) is 11.9. The first-order valence-corrected chi connectivity index (χ1v) is 8.46. The highest BCUT2D eigenvalue weighted by Gasteiger charge is 2.21. The molecule has 2 aromatic heterocycles. The second-order valence-corrected chi connectivity index (χ2v) is 7.45. The minimum absolute atomic E-state index is 0.260. The first kappa shape index (κ1) is 13.6. The highest BCUT2D eigenvalue weighted by molar-refractivity contribution is 14.1. The molecule has 6 heteroatoms. The van der Waals surface area contributed by atoms with Crippen LogP contribution in [0.4, 0.5) is 0 Å². The minimum Gasteiger partial charge on any atom is -0.237 e. The van der Waals surface area contributed by atoms with E-state index in [2.05, 4.69) is 27.6 Å². The second-order valence-electron chi connectivity index (χ2n) is 4.47. The standard InChI is InChI=1S/C14H11IN2O2S/c1-10-7-12-13(15)9-17(14(12)16-8-10)20(18,19)11-5-3-2-4-6-11/h2-9H,1H3. The molecule has 0 radical (unpaired) electrons. The Labute approximate surface area is 130 Å². The molecule has 1 aromatic carbocycles. The van der Waals surface area contributed by atoms with Crippen LogP contribution in [0.25, 0.3) is 11.0 Å². The van der Waals surface area contributed by atoms with Gasteiger partial charge in [0, 0.05) is 21.4 Å². The first-order valence-electron chi connectivity index (χ1n) is 5.94. The van der Waals surface area contributed by atoms with Gasteiger partial charge in [-0.25, -0.2) is 17.4 Å². The molecule has 102 valence electrons. The van der Waals surface area contributed by atoms with Crippen molar-refractivity contribution in [2.75, 3.05) is 0 Å². The van der Waals surface area contributed by atoms with Gasteiger partial charge in [0.1, 0.15) is 0 Å². The Hall–Kier alpha value is -1.41. The molecule has 0 saturated carbocycles. The van der Waals surface area contributed by atoms with Crippen LogP contribution >= 0.6 is 22.6 Å². The number of hydrogen-bond donors (Lipinski definition) is 0. The predicted octanol–water partition coefficient (Wildman–Crippen LogP) is 3.19. The molecule has 0 atom stereocenters. The summed E-state index contributed by atoms with van der Waals surface area (Å²) in [6, 6.07) is 10.3. The van der Waals surface area contributed by atoms with Crippen LogP contribution in [0.1, 0.15) is 5.56 Å². The van der Waals surface area contributed by atoms with Crippen LogP contribution in [0.2, 0.25) is 0 Å². The van der Waals surface area contributed by atoms with Crippen LogP contribution in [-0.4, -0.2) is 17.4 Å². The summed E-state index contributed by atoms with van der Waals surface area (Å²) < 4.78 is 27.4. The summed E-state index contributed by atoms with van der Waals surface area (Å²) in [6.07, 6.45) is 3.29. The van der Waals surface area contributed by atoms with E-state index in [-0.39, 0.29) is 4.90 Å². The fourth-order valence-corrected chi connectivity index (χ4v) is 4.25. The first-order chi connectivity index (χ1) is 9.50. The van der Waals surface area contributed by atoms with Crippen molar-refractivity contribution >= 4 is 43.6 Å². The number of pyridine rings is 1. The maximum atomic E-state index is 12.7. The zero-order valence-electron chi connectivity index (χ0n) is 10.6. The van der Waals surface area contributed by atoms with Gasteiger partial charge in [0.15, 0.2) is 5.65 Å². The van der Waals surface area contributed by atoms with Crippen LogP contribution in [-0.2, 0) is 10.0 Å². The maximum absolute atomic E-state index is 12.7. The van der Waals surface area contributed by atoms with Gasteiger partial charge in [-0.05, 0) is 53.3 Å². The lowest BCUT2D eigenvalue weighted by molar-refractivity contribution is 0.588. The van der Waals surface area contributed by atoms with Crippen molar-refractivity contribution in [2.45, 2.75) is 11.8 Å². The number of rotatable bonds is 2. The molecule has 0 aliphatic carbocycles. The van der Waals surface area contributed by atoms with E-state index in [1.807, 2.05) is 13.0 Å². The lowest BCUT2D eigenvalue weighted by Crippen LogP contribution is -2.12. The number of aryl methyl sites for hydroxylation is 1. The largest absolute Gasteiger partial charge is 0.269 e. The fraction of sp³-hybridized carbons (Fsp3) is 0.0714. The molecule has 0 amide bonds. The van der Waals surface area contributed by atoms with Gasteiger partial charge in [-0.1, -0.05) is 18.2 Å². The van der Waals surface area contributed by atoms with Crippen molar-refractivity contribution in [3.8, 4) is 0 Å². The van der Waals surface area contributed by atoms with E-state index in [9.17, 15) is 8.42 Å². The summed E-state index contributed by atoms with van der Waals surface area (Å²) in [4.78, 5) is 4.53. The molecule has 3 rings (SSSR count). The molecule has 0 fully saturated rings. The van der Waals surface area contributed by atoms with Crippen molar-refractivity contribution in [2.24, 2.45) is 0 Å². The quantitative estimate of drug-likeness (QED) is 0.624. The van der Waals surface area contributed by atoms with Gasteiger partial charge in [0.2, 0.25) is 0 Å². The molecule has 0 aliphatic rings. The highest BCUT2D eigenvalue weighted by Crippen LogP contribution is 2.26. The third kappa shape index (κ3) is 2.12. The zero-order valence-corrected chi connectivity index (χ0v) is 13.6. The fourth-order valence-electron chi connectivity index (χ4n) is 2.04. The number of nitrogens with zero attached hydrogens (tertiary/aromatic N) is 2. The number of aromatic nitrogens is 2. The maximum Gasteiger partial charge on any atom is 0.269 e. The van der Waals surface area contributed by atoms with E-state index in [0.29, 0.717) is 5.65 Å². The molecule has 0 spiro atoms. The van der Waals surface area contributed by atoms with Gasteiger partial charge in [-0.3, -0.25) is 0 Å². The van der Waals surface area contributed by atoms with Crippen molar-refractivity contribution in [1.29, 1.82) is 0 Å². The predicted molar refractivity (Wildman–Crippen MR) is 86.2 cm³/mol. The Balaban J connectivity index is 2.31. The summed E-state index contributed by atoms with van der Waals surface area (Å²) in [6.45, 7) is 1.94. The van der Waals surface area contributed by atoms with Crippen molar-refractivity contribution in [3.63, 3.8) is 0 Å². The molecule has 4 nitrogen and oxygen atoms in total. The van der Waals surface area contributed by atoms with Gasteiger partial charge < -0.3 is 0 Å². The molecule has 2 heterocycles. The average molecular weight is 398 g/mol. The van der Waals surface area contributed by atoms with Crippen molar-refractivity contribution in [1.82, 2.24) is 8.96 Å². The number of hydrogen-bond acceptors (Lipinski definition) is 3. The van der Waals surface area contributed by atoms with Crippen LogP contribution in [0.5, 0.6) is 0 Å². The van der Waals surface area contributed by atoms with E-state index in [1.54, 1.807) is 42.7 Å². The zero-order chi connectivity index (χ0) is 14.3. The smallest absolute Gasteiger partial charge is 0.237 e. The Kier molecular flexibility index (Phi) is 3.29. The van der Waals surface area contributed by atoms with E-state index < -0.39 is 10.0 Å². The lowest BCUT2D eigenvalue weighted by Gasteiger charge is -2.06. The molecule has 20 heavy (non-hydrogen) atoms. The van der Waals surface area contributed by atoms with Gasteiger partial charge in [-0.15, -0.1) is 0 Å². The highest BCUT2D eigenvalue weighted by atomic mass is 127. The van der Waals surface area contributed by atoms with Crippen LogP contribution in [0.15, 0.2) is 53.7 Å². The molecule has 0 aliphatic heterocycles. The molecule has 0 bridgehead atoms. The summed E-state index contributed by atoms with van der Waals surface area (Å²) in [5.41, 5.74) is 1.47. The van der Waals surface area contributed by atoms with E-state index in [1.165, 1.54) is 3.97 Å². The summed E-state index contributed by atoms with van der Waals surface area (Å²) in [5.74, 6) is 0. The van der Waals surface area contributed by atoms with Gasteiger partial charge in [-0.2, -0.15) is 0 Å². The van der Waals surface area contributed by atoms with E-state index in [0.717, 1.165) is 14.5 Å².